The third kappa shape index (κ3) is 4.90. The van der Waals surface area contributed by atoms with E-state index in [1.807, 2.05) is 66.7 Å². The van der Waals surface area contributed by atoms with E-state index in [9.17, 15) is 19.5 Å². The van der Waals surface area contributed by atoms with Gasteiger partial charge >= 0.3 is 0 Å². The fraction of sp³-hybridized carbons (Fsp3) is 0.559. The standard InChI is InChI=1S/C34H45N3O6/c1-8-19(3)25(18-38)37-29(31(40)36-28-20(4)11-10-12-21(28)5)34-17-22(6)33(7,43-34)26(27(34)32(37)41)30(39)35-23-13-15-24(16-14-23)42-9-2/h10-16,19,22,25-27,29,38H,8-9,17-18H2,1-7H3,(H,35,39)(H,36,40)/t19-,22?,25-,26+,27-,29?,33-,34?/m0/s1. The fourth-order valence-corrected chi connectivity index (χ4v) is 7.77. The number of nitrogens with one attached hydrogen (secondary N) is 2. The summed E-state index contributed by atoms with van der Waals surface area (Å²) >= 11 is 0. The minimum Gasteiger partial charge on any atom is -0.494 e. The smallest absolute Gasteiger partial charge is 0.250 e. The second-order valence-electron chi connectivity index (χ2n) is 12.8. The zero-order valence-electron chi connectivity index (χ0n) is 26.3. The molecule has 1 spiro atoms. The predicted octanol–water partition coefficient (Wildman–Crippen LogP) is 4.70. The molecular formula is C34H45N3O6. The number of aliphatic hydroxyl groups is 1. The Kier molecular flexibility index (Phi) is 8.35. The first kappa shape index (κ1) is 31.0. The number of likely N-dealkylation sites (tertiary alicyclic amines) is 1. The number of aliphatic hydroxyl groups excluding tert-OH is 1. The molecule has 3 amide bonds. The van der Waals surface area contributed by atoms with E-state index in [0.717, 1.165) is 11.1 Å². The van der Waals surface area contributed by atoms with Crippen LogP contribution in [0.15, 0.2) is 42.5 Å². The highest BCUT2D eigenvalue weighted by molar-refractivity contribution is 6.06. The van der Waals surface area contributed by atoms with Gasteiger partial charge in [0.15, 0.2) is 0 Å². The molecule has 3 N–H and O–H groups in total. The molecule has 2 bridgehead atoms. The SMILES string of the molecule is CCOc1ccc(NC(=O)[C@H]2[C@H]3C(=O)N([C@@H](CO)[C@@H](C)CC)C(C(=O)Nc4c(C)cccc4C)C34CC(C)[C@]2(C)O4)cc1. The quantitative estimate of drug-likeness (QED) is 0.369. The van der Waals surface area contributed by atoms with Gasteiger partial charge in [-0.3, -0.25) is 14.4 Å². The number of anilines is 2. The Balaban J connectivity index is 1.56. The van der Waals surface area contributed by atoms with Crippen molar-refractivity contribution in [2.24, 2.45) is 23.7 Å². The Morgan fingerprint density at radius 2 is 1.74 bits per heavy atom. The lowest BCUT2D eigenvalue weighted by atomic mass is 9.62. The summed E-state index contributed by atoms with van der Waals surface area (Å²) in [7, 11) is 0. The highest BCUT2D eigenvalue weighted by Gasteiger charge is 2.80. The van der Waals surface area contributed by atoms with Gasteiger partial charge in [-0.15, -0.1) is 0 Å². The molecule has 9 heteroatoms. The molecule has 9 nitrogen and oxygen atoms in total. The average Bonchev–Trinajstić information content (AvgIpc) is 3.49. The minimum atomic E-state index is -1.21. The van der Waals surface area contributed by atoms with Gasteiger partial charge in [0.1, 0.15) is 17.4 Å². The Labute approximate surface area is 254 Å². The summed E-state index contributed by atoms with van der Waals surface area (Å²) < 4.78 is 12.4. The van der Waals surface area contributed by atoms with Gasteiger partial charge in [-0.1, -0.05) is 45.4 Å². The summed E-state index contributed by atoms with van der Waals surface area (Å²) in [6.45, 7) is 13.9. The second kappa shape index (κ2) is 11.6. The second-order valence-corrected chi connectivity index (χ2v) is 12.8. The molecule has 0 aromatic heterocycles. The molecule has 2 aromatic rings. The third-order valence-electron chi connectivity index (χ3n) is 10.3. The Morgan fingerprint density at radius 1 is 1.09 bits per heavy atom. The number of benzene rings is 2. The van der Waals surface area contributed by atoms with Crippen molar-refractivity contribution >= 4 is 29.1 Å². The molecule has 3 heterocycles. The van der Waals surface area contributed by atoms with E-state index in [1.54, 1.807) is 29.2 Å². The molecule has 5 rings (SSSR count). The molecular weight excluding hydrogens is 546 g/mol. The molecule has 0 radical (unpaired) electrons. The summed E-state index contributed by atoms with van der Waals surface area (Å²) in [6.07, 6.45) is 1.15. The lowest BCUT2D eigenvalue weighted by molar-refractivity contribution is -0.149. The number of carbonyl (C=O) groups excluding carboxylic acids is 3. The third-order valence-corrected chi connectivity index (χ3v) is 10.3. The van der Waals surface area contributed by atoms with Crippen LogP contribution >= 0.6 is 0 Å². The van der Waals surface area contributed by atoms with Crippen LogP contribution in [0.5, 0.6) is 5.75 Å². The van der Waals surface area contributed by atoms with Gasteiger partial charge in [0.25, 0.3) is 0 Å². The largest absolute Gasteiger partial charge is 0.494 e. The molecule has 3 fully saturated rings. The zero-order valence-corrected chi connectivity index (χ0v) is 26.3. The monoisotopic (exact) mass is 591 g/mol. The number of ether oxygens (including phenoxy) is 2. The minimum absolute atomic E-state index is 0.0824. The normalized spacial score (nSPS) is 30.6. The van der Waals surface area contributed by atoms with Gasteiger partial charge in [0.05, 0.1) is 36.7 Å². The molecule has 8 atom stereocenters. The van der Waals surface area contributed by atoms with Crippen molar-refractivity contribution in [1.29, 1.82) is 0 Å². The van der Waals surface area contributed by atoms with Gasteiger partial charge in [0.2, 0.25) is 17.7 Å². The number of carbonyl (C=O) groups is 3. The number of aryl methyl sites for hydroxylation is 2. The fourth-order valence-electron chi connectivity index (χ4n) is 7.77. The van der Waals surface area contributed by atoms with Crippen LogP contribution in [0, 0.1) is 37.5 Å². The molecule has 3 aliphatic rings. The van der Waals surface area contributed by atoms with E-state index in [-0.39, 0.29) is 36.2 Å². The Hall–Kier alpha value is -3.43. The van der Waals surface area contributed by atoms with E-state index in [0.29, 0.717) is 36.6 Å². The van der Waals surface area contributed by atoms with Gasteiger partial charge in [0, 0.05) is 11.4 Å². The topological polar surface area (TPSA) is 117 Å². The van der Waals surface area contributed by atoms with Crippen LogP contribution in [0.3, 0.4) is 0 Å². The molecule has 0 aliphatic carbocycles. The summed E-state index contributed by atoms with van der Waals surface area (Å²) in [5, 5.41) is 16.7. The maximum absolute atomic E-state index is 14.6. The van der Waals surface area contributed by atoms with Gasteiger partial charge in [-0.25, -0.2) is 0 Å². The van der Waals surface area contributed by atoms with Crippen LogP contribution in [-0.2, 0) is 19.1 Å². The lowest BCUT2D eigenvalue weighted by Gasteiger charge is -2.39. The predicted molar refractivity (Wildman–Crippen MR) is 165 cm³/mol. The van der Waals surface area contributed by atoms with Gasteiger partial charge < -0.3 is 30.1 Å². The van der Waals surface area contributed by atoms with E-state index in [2.05, 4.69) is 10.6 Å². The first-order chi connectivity index (χ1) is 20.4. The van der Waals surface area contributed by atoms with E-state index >= 15 is 0 Å². The molecule has 43 heavy (non-hydrogen) atoms. The molecule has 2 aromatic carbocycles. The van der Waals surface area contributed by atoms with Crippen molar-refractivity contribution in [3.63, 3.8) is 0 Å². The molecule has 3 saturated heterocycles. The van der Waals surface area contributed by atoms with Crippen LogP contribution < -0.4 is 15.4 Å². The van der Waals surface area contributed by atoms with E-state index < -0.39 is 35.1 Å². The van der Waals surface area contributed by atoms with E-state index in [4.69, 9.17) is 9.47 Å². The average molecular weight is 592 g/mol. The van der Waals surface area contributed by atoms with Crippen LogP contribution in [0.25, 0.3) is 0 Å². The molecule has 232 valence electrons. The Bertz CT molecular complexity index is 1370. The van der Waals surface area contributed by atoms with Crippen molar-refractivity contribution in [3.8, 4) is 5.75 Å². The summed E-state index contributed by atoms with van der Waals surface area (Å²) in [5.74, 6) is -2.18. The summed E-state index contributed by atoms with van der Waals surface area (Å²) in [6, 6.07) is 11.3. The van der Waals surface area contributed by atoms with E-state index in [1.165, 1.54) is 0 Å². The van der Waals surface area contributed by atoms with Crippen LogP contribution in [0.4, 0.5) is 11.4 Å². The number of hydrogen-bond acceptors (Lipinski definition) is 6. The molecule has 0 saturated carbocycles. The number of amides is 3. The van der Waals surface area contributed by atoms with Crippen LogP contribution in [-0.4, -0.2) is 64.2 Å². The number of hydrogen-bond donors (Lipinski definition) is 3. The maximum Gasteiger partial charge on any atom is 0.250 e. The highest BCUT2D eigenvalue weighted by atomic mass is 16.5. The van der Waals surface area contributed by atoms with Crippen LogP contribution in [0.1, 0.15) is 58.6 Å². The number of fused-ring (bicyclic) bond motifs is 1. The van der Waals surface area contributed by atoms with Crippen molar-refractivity contribution in [1.82, 2.24) is 4.90 Å². The number of para-hydroxylation sites is 1. The summed E-state index contributed by atoms with van der Waals surface area (Å²) in [5.41, 5.74) is 0.922. The van der Waals surface area contributed by atoms with Crippen molar-refractivity contribution in [2.75, 3.05) is 23.8 Å². The first-order valence-corrected chi connectivity index (χ1v) is 15.5. The number of nitrogens with zero attached hydrogens (tertiary/aromatic N) is 1. The molecule has 3 unspecified atom stereocenters. The van der Waals surface area contributed by atoms with Crippen molar-refractivity contribution < 1.29 is 29.0 Å². The maximum atomic E-state index is 14.6. The first-order valence-electron chi connectivity index (χ1n) is 15.5. The lowest BCUT2D eigenvalue weighted by Crippen LogP contribution is -2.57. The van der Waals surface area contributed by atoms with Gasteiger partial charge in [-0.2, -0.15) is 0 Å². The van der Waals surface area contributed by atoms with Gasteiger partial charge in [-0.05, 0) is 81.3 Å². The number of rotatable bonds is 10. The molecule has 3 aliphatic heterocycles. The van der Waals surface area contributed by atoms with Crippen molar-refractivity contribution in [2.45, 2.75) is 84.6 Å². The van der Waals surface area contributed by atoms with Crippen molar-refractivity contribution in [3.05, 3.63) is 53.6 Å². The Morgan fingerprint density at radius 3 is 2.33 bits per heavy atom. The highest BCUT2D eigenvalue weighted by Crippen LogP contribution is 2.65. The zero-order chi connectivity index (χ0) is 31.3. The summed E-state index contributed by atoms with van der Waals surface area (Å²) in [4.78, 5) is 44.7. The van der Waals surface area contributed by atoms with Crippen LogP contribution in [0.2, 0.25) is 0 Å².